The highest BCUT2D eigenvalue weighted by atomic mass is 31.2. The predicted molar refractivity (Wildman–Crippen MR) is 88.0 cm³/mol. The summed E-state index contributed by atoms with van der Waals surface area (Å²) in [6, 6.07) is 3.34. The van der Waals surface area contributed by atoms with Crippen LogP contribution in [0.4, 0.5) is 5.69 Å². The average Bonchev–Trinajstić information content (AvgIpc) is 3.00. The highest BCUT2D eigenvalue weighted by Gasteiger charge is 2.32. The SMILES string of the molecule is COc1cc2c(cc1OCCOP(O)O)N=C[C@@H]1CCCN1C2=O. The molecule has 2 heterocycles. The first kappa shape index (κ1) is 17.1. The predicted octanol–water partition coefficient (Wildman–Crippen LogP) is 1.62. The van der Waals surface area contributed by atoms with Gasteiger partial charge in [0.2, 0.25) is 0 Å². The van der Waals surface area contributed by atoms with Crippen LogP contribution in [0.15, 0.2) is 17.1 Å². The van der Waals surface area contributed by atoms with E-state index in [2.05, 4.69) is 9.52 Å². The second-order valence-corrected chi connectivity index (χ2v) is 6.20. The lowest BCUT2D eigenvalue weighted by Crippen LogP contribution is -2.35. The Hall–Kier alpha value is -1.73. The van der Waals surface area contributed by atoms with E-state index in [1.165, 1.54) is 7.11 Å². The van der Waals surface area contributed by atoms with E-state index in [9.17, 15) is 4.79 Å². The summed E-state index contributed by atoms with van der Waals surface area (Å²) in [5.41, 5.74) is 1.03. The molecular formula is C15H19N2O6P. The number of amides is 1. The first-order chi connectivity index (χ1) is 11.6. The first-order valence-corrected chi connectivity index (χ1v) is 8.77. The maximum Gasteiger partial charge on any atom is 0.327 e. The zero-order chi connectivity index (χ0) is 17.1. The molecule has 1 atom stereocenters. The van der Waals surface area contributed by atoms with E-state index in [1.807, 2.05) is 4.90 Å². The zero-order valence-electron chi connectivity index (χ0n) is 13.2. The molecule has 1 saturated heterocycles. The van der Waals surface area contributed by atoms with Crippen LogP contribution in [0.3, 0.4) is 0 Å². The quantitative estimate of drug-likeness (QED) is 0.595. The molecule has 2 aliphatic rings. The van der Waals surface area contributed by atoms with Gasteiger partial charge in [-0.2, -0.15) is 0 Å². The lowest BCUT2D eigenvalue weighted by Gasteiger charge is -2.20. The minimum atomic E-state index is -2.40. The monoisotopic (exact) mass is 354 g/mol. The first-order valence-electron chi connectivity index (χ1n) is 7.61. The highest BCUT2D eigenvalue weighted by molar-refractivity contribution is 7.39. The molecule has 8 nitrogen and oxygen atoms in total. The molecule has 24 heavy (non-hydrogen) atoms. The van der Waals surface area contributed by atoms with Crippen LogP contribution in [-0.2, 0) is 4.52 Å². The minimum absolute atomic E-state index is 0.0248. The van der Waals surface area contributed by atoms with Crippen molar-refractivity contribution in [1.29, 1.82) is 0 Å². The molecule has 0 aliphatic carbocycles. The summed E-state index contributed by atoms with van der Waals surface area (Å²) in [5.74, 6) is 0.793. The standard InChI is InChI=1S/C15H19N2O6P/c1-21-13-7-11-12(8-14(13)22-5-6-23-24(19)20)16-9-10-3-2-4-17(10)15(11)18/h7-10,19-20H,2-6H2,1H3/t10-/m0/s1. The van der Waals surface area contributed by atoms with E-state index >= 15 is 0 Å². The van der Waals surface area contributed by atoms with E-state index < -0.39 is 8.60 Å². The number of aliphatic imine (C=N–C) groups is 1. The third-order valence-corrected chi connectivity index (χ3v) is 4.42. The van der Waals surface area contributed by atoms with Gasteiger partial charge in [0.05, 0.1) is 31.0 Å². The Morgan fingerprint density at radius 1 is 1.33 bits per heavy atom. The molecule has 0 aromatic heterocycles. The van der Waals surface area contributed by atoms with Gasteiger partial charge in [-0.05, 0) is 18.9 Å². The molecule has 0 saturated carbocycles. The van der Waals surface area contributed by atoms with Gasteiger partial charge in [-0.15, -0.1) is 0 Å². The van der Waals surface area contributed by atoms with E-state index in [0.717, 1.165) is 19.4 Å². The molecular weight excluding hydrogens is 335 g/mol. The molecule has 1 amide bonds. The molecule has 0 bridgehead atoms. The van der Waals surface area contributed by atoms with Gasteiger partial charge in [0, 0.05) is 18.8 Å². The fourth-order valence-corrected chi connectivity index (χ4v) is 3.13. The Balaban J connectivity index is 1.83. The average molecular weight is 354 g/mol. The van der Waals surface area contributed by atoms with Crippen LogP contribution in [0.5, 0.6) is 11.5 Å². The third kappa shape index (κ3) is 3.52. The van der Waals surface area contributed by atoms with Gasteiger partial charge < -0.3 is 28.7 Å². The summed E-state index contributed by atoms with van der Waals surface area (Å²) >= 11 is 0. The summed E-state index contributed by atoms with van der Waals surface area (Å²) < 4.78 is 15.5. The molecule has 2 N–H and O–H groups in total. The van der Waals surface area contributed by atoms with Gasteiger partial charge in [0.15, 0.2) is 11.5 Å². The van der Waals surface area contributed by atoms with Crippen LogP contribution < -0.4 is 9.47 Å². The third-order valence-electron chi connectivity index (χ3n) is 4.01. The van der Waals surface area contributed by atoms with Gasteiger partial charge in [0.25, 0.3) is 5.91 Å². The van der Waals surface area contributed by atoms with Gasteiger partial charge in [-0.3, -0.25) is 9.79 Å². The van der Waals surface area contributed by atoms with Crippen LogP contribution in [0.25, 0.3) is 0 Å². The molecule has 130 valence electrons. The lowest BCUT2D eigenvalue weighted by molar-refractivity contribution is 0.0774. The highest BCUT2D eigenvalue weighted by Crippen LogP contribution is 2.38. The van der Waals surface area contributed by atoms with Crippen molar-refractivity contribution in [2.75, 3.05) is 26.9 Å². The second kappa shape index (κ2) is 7.44. The van der Waals surface area contributed by atoms with E-state index in [4.69, 9.17) is 19.3 Å². The summed E-state index contributed by atoms with van der Waals surface area (Å²) in [6.45, 7) is 0.872. The molecule has 1 aromatic rings. The molecule has 9 heteroatoms. The largest absolute Gasteiger partial charge is 0.493 e. The molecule has 1 aromatic carbocycles. The summed E-state index contributed by atoms with van der Waals surface area (Å²) in [6.07, 6.45) is 3.71. The number of nitrogens with zero attached hydrogens (tertiary/aromatic N) is 2. The topological polar surface area (TPSA) is 101 Å². The van der Waals surface area contributed by atoms with Crippen molar-refractivity contribution in [1.82, 2.24) is 4.90 Å². The van der Waals surface area contributed by atoms with Crippen molar-refractivity contribution >= 4 is 26.4 Å². The van der Waals surface area contributed by atoms with Crippen molar-refractivity contribution in [3.63, 3.8) is 0 Å². The maximum atomic E-state index is 12.7. The Bertz CT molecular complexity index is 651. The summed E-state index contributed by atoms with van der Waals surface area (Å²) in [5, 5.41) is 0. The fraction of sp³-hybridized carbons (Fsp3) is 0.467. The van der Waals surface area contributed by atoms with Gasteiger partial charge in [0.1, 0.15) is 6.61 Å². The second-order valence-electron chi connectivity index (χ2n) is 5.44. The van der Waals surface area contributed by atoms with Crippen LogP contribution in [0.2, 0.25) is 0 Å². The number of carbonyl (C=O) groups excluding carboxylic acids is 1. The smallest absolute Gasteiger partial charge is 0.327 e. The van der Waals surface area contributed by atoms with E-state index in [1.54, 1.807) is 18.3 Å². The summed E-state index contributed by atoms with van der Waals surface area (Å²) in [4.78, 5) is 36.4. The Morgan fingerprint density at radius 2 is 2.17 bits per heavy atom. The van der Waals surface area contributed by atoms with Crippen LogP contribution in [-0.4, -0.2) is 59.7 Å². The summed E-state index contributed by atoms with van der Waals surface area (Å²) in [7, 11) is -0.905. The number of carbonyl (C=O) groups is 1. The minimum Gasteiger partial charge on any atom is -0.493 e. The van der Waals surface area contributed by atoms with Crippen molar-refractivity contribution in [3.05, 3.63) is 17.7 Å². The van der Waals surface area contributed by atoms with Gasteiger partial charge in [-0.25, -0.2) is 0 Å². The molecule has 0 unspecified atom stereocenters. The number of benzene rings is 1. The van der Waals surface area contributed by atoms with Gasteiger partial charge >= 0.3 is 8.60 Å². The number of rotatable bonds is 6. The van der Waals surface area contributed by atoms with E-state index in [-0.39, 0.29) is 25.2 Å². The number of hydrogen-bond acceptors (Lipinski definition) is 7. The van der Waals surface area contributed by atoms with Crippen LogP contribution >= 0.6 is 8.60 Å². The van der Waals surface area contributed by atoms with Crippen LogP contribution in [0, 0.1) is 0 Å². The van der Waals surface area contributed by atoms with Crippen molar-refractivity contribution in [2.45, 2.75) is 18.9 Å². The number of ether oxygens (including phenoxy) is 2. The van der Waals surface area contributed by atoms with Crippen molar-refractivity contribution in [3.8, 4) is 11.5 Å². The Morgan fingerprint density at radius 3 is 2.92 bits per heavy atom. The molecule has 0 radical (unpaired) electrons. The number of hydrogen-bond donors (Lipinski definition) is 2. The fourth-order valence-electron chi connectivity index (χ4n) is 2.89. The molecule has 2 aliphatic heterocycles. The molecule has 1 fully saturated rings. The van der Waals surface area contributed by atoms with Crippen LogP contribution in [0.1, 0.15) is 23.2 Å². The van der Waals surface area contributed by atoms with Crippen molar-refractivity contribution in [2.24, 2.45) is 4.99 Å². The van der Waals surface area contributed by atoms with Crippen molar-refractivity contribution < 1.29 is 28.6 Å². The zero-order valence-corrected chi connectivity index (χ0v) is 14.1. The molecule has 0 spiro atoms. The number of methoxy groups -OCH3 is 1. The number of fused-ring (bicyclic) bond motifs is 2. The Labute approximate surface area is 140 Å². The van der Waals surface area contributed by atoms with E-state index in [0.29, 0.717) is 22.7 Å². The van der Waals surface area contributed by atoms with Gasteiger partial charge in [-0.1, -0.05) is 0 Å². The maximum absolute atomic E-state index is 12.7. The lowest BCUT2D eigenvalue weighted by atomic mass is 10.1. The Kier molecular flexibility index (Phi) is 5.30. The normalized spacial score (nSPS) is 19.2. The molecule has 3 rings (SSSR count).